The summed E-state index contributed by atoms with van der Waals surface area (Å²) in [4.78, 5) is 11.3. The van der Waals surface area contributed by atoms with Crippen LogP contribution >= 0.6 is 34.8 Å². The van der Waals surface area contributed by atoms with E-state index in [4.69, 9.17) is 34.8 Å². The van der Waals surface area contributed by atoms with E-state index >= 15 is 0 Å². The molecule has 0 aliphatic rings. The molecule has 1 rings (SSSR count). The molecule has 0 aromatic heterocycles. The molecule has 0 unspecified atom stereocenters. The zero-order chi connectivity index (χ0) is 9.90. The van der Waals surface area contributed by atoms with Crippen molar-refractivity contribution in [1.82, 2.24) is 0 Å². The number of carbonyl (C=O) groups is 1. The Bertz CT molecular complexity index is 289. The summed E-state index contributed by atoms with van der Waals surface area (Å²) in [7, 11) is 0. The third-order valence-electron chi connectivity index (χ3n) is 1.29. The van der Waals surface area contributed by atoms with Crippen molar-refractivity contribution in [2.45, 2.75) is 3.79 Å². The number of Topliss-reactive ketones (excluding diaryl/α,β-unsaturated/α-hetero) is 1. The van der Waals surface area contributed by atoms with Crippen LogP contribution in [-0.2, 0) is 0 Å². The summed E-state index contributed by atoms with van der Waals surface area (Å²) in [6.45, 7) is 0. The number of carbonyl (C=O) groups excluding carboxylic acids is 1. The molecule has 0 saturated carbocycles. The van der Waals surface area contributed by atoms with Gasteiger partial charge in [0.05, 0.1) is 0 Å². The van der Waals surface area contributed by atoms with Gasteiger partial charge in [0.25, 0.3) is 0 Å². The van der Waals surface area contributed by atoms with E-state index < -0.39 is 9.58 Å². The number of alkyl halides is 3. The molecule has 1 nitrogen and oxygen atoms in total. The maximum absolute atomic E-state index is 11.3. The van der Waals surface area contributed by atoms with Gasteiger partial charge < -0.3 is 0 Å². The Morgan fingerprint density at radius 1 is 1.15 bits per heavy atom. The predicted octanol–water partition coefficient (Wildman–Crippen LogP) is 3.32. The van der Waals surface area contributed by atoms with E-state index in [1.165, 1.54) is 0 Å². The van der Waals surface area contributed by atoms with E-state index in [-0.39, 0.29) is 0 Å². The van der Waals surface area contributed by atoms with Crippen LogP contribution in [0.15, 0.2) is 30.3 Å². The van der Waals surface area contributed by atoms with E-state index in [1.54, 1.807) is 30.3 Å². The fourth-order valence-corrected chi connectivity index (χ4v) is 1.05. The van der Waals surface area contributed by atoms with E-state index in [9.17, 15) is 4.79 Å². The average Bonchev–Trinajstić information content (AvgIpc) is 2.03. The van der Waals surface area contributed by atoms with Crippen molar-refractivity contribution in [2.24, 2.45) is 0 Å². The van der Waals surface area contributed by atoms with Crippen LogP contribution in [0, 0.1) is 6.42 Å². The Balaban J connectivity index is 2.71. The molecule has 13 heavy (non-hydrogen) atoms. The Morgan fingerprint density at radius 2 is 1.69 bits per heavy atom. The molecule has 0 bridgehead atoms. The highest BCUT2D eigenvalue weighted by Gasteiger charge is 2.26. The summed E-state index contributed by atoms with van der Waals surface area (Å²) < 4.78 is -1.76. The number of ketones is 1. The Kier molecular flexibility index (Phi) is 3.60. The van der Waals surface area contributed by atoms with Crippen molar-refractivity contribution < 1.29 is 4.79 Å². The largest absolute Gasteiger partial charge is 0.293 e. The second kappa shape index (κ2) is 4.32. The monoisotopic (exact) mass is 234 g/mol. The molecule has 1 aromatic rings. The lowest BCUT2D eigenvalue weighted by molar-refractivity contribution is 0.102. The van der Waals surface area contributed by atoms with Gasteiger partial charge in [-0.15, -0.1) is 0 Å². The summed E-state index contributed by atoms with van der Waals surface area (Å²) in [5.41, 5.74) is 0.453. The van der Waals surface area contributed by atoms with E-state index in [1.807, 2.05) is 0 Å². The number of hydrogen-bond acceptors (Lipinski definition) is 1. The van der Waals surface area contributed by atoms with Gasteiger partial charge in [-0.1, -0.05) is 65.1 Å². The first-order valence-corrected chi connectivity index (χ1v) is 4.57. The summed E-state index contributed by atoms with van der Waals surface area (Å²) in [5, 5.41) is 0. The van der Waals surface area contributed by atoms with Gasteiger partial charge in [-0.05, 0) is 0 Å². The van der Waals surface area contributed by atoms with E-state index in [0.29, 0.717) is 5.56 Å². The van der Waals surface area contributed by atoms with Crippen LogP contribution in [0.25, 0.3) is 0 Å². The maximum Gasteiger partial charge on any atom is 0.205 e. The predicted molar refractivity (Wildman–Crippen MR) is 54.3 cm³/mol. The summed E-state index contributed by atoms with van der Waals surface area (Å²) in [6, 6.07) is 8.52. The second-order valence-corrected chi connectivity index (χ2v) is 4.60. The number of benzene rings is 1. The number of rotatable bonds is 2. The fourth-order valence-electron chi connectivity index (χ4n) is 0.790. The Labute approximate surface area is 91.6 Å². The first-order chi connectivity index (χ1) is 5.99. The SMILES string of the molecule is O=C([C]C(Cl)(Cl)Cl)c1ccccc1. The highest BCUT2D eigenvalue weighted by Crippen LogP contribution is 2.30. The molecule has 1 aromatic carbocycles. The van der Waals surface area contributed by atoms with Gasteiger partial charge in [-0.2, -0.15) is 0 Å². The highest BCUT2D eigenvalue weighted by atomic mass is 35.6. The van der Waals surface area contributed by atoms with Gasteiger partial charge in [0, 0.05) is 5.56 Å². The summed E-state index contributed by atoms with van der Waals surface area (Å²) >= 11 is 16.1. The van der Waals surface area contributed by atoms with Gasteiger partial charge >= 0.3 is 0 Å². The average molecular weight is 235 g/mol. The number of hydrogen-bond donors (Lipinski definition) is 0. The van der Waals surface area contributed by atoms with Crippen LogP contribution < -0.4 is 0 Å². The molecule has 0 fully saturated rings. The first kappa shape index (κ1) is 10.8. The minimum Gasteiger partial charge on any atom is -0.293 e. The molecule has 4 heteroatoms. The van der Waals surface area contributed by atoms with Crippen molar-refractivity contribution in [3.05, 3.63) is 42.3 Å². The smallest absolute Gasteiger partial charge is 0.205 e. The lowest BCUT2D eigenvalue weighted by Crippen LogP contribution is -2.12. The third-order valence-corrected chi connectivity index (χ3v) is 1.57. The molecule has 2 radical (unpaired) electrons. The maximum atomic E-state index is 11.3. The molecule has 0 amide bonds. The lowest BCUT2D eigenvalue weighted by Gasteiger charge is -2.07. The van der Waals surface area contributed by atoms with Crippen LogP contribution in [0.3, 0.4) is 0 Å². The molecule has 0 N–H and O–H groups in total. The topological polar surface area (TPSA) is 17.1 Å². The zero-order valence-corrected chi connectivity index (χ0v) is 8.70. The normalized spacial score (nSPS) is 11.3. The van der Waals surface area contributed by atoms with Crippen molar-refractivity contribution in [3.63, 3.8) is 0 Å². The van der Waals surface area contributed by atoms with Crippen LogP contribution in [0.1, 0.15) is 10.4 Å². The second-order valence-electron chi connectivity index (χ2n) is 2.32. The highest BCUT2D eigenvalue weighted by molar-refractivity contribution is 6.69. The minimum atomic E-state index is -1.76. The molecule has 0 atom stereocenters. The molecule has 0 heterocycles. The zero-order valence-electron chi connectivity index (χ0n) is 6.43. The van der Waals surface area contributed by atoms with Gasteiger partial charge in [0.2, 0.25) is 3.79 Å². The Hall–Kier alpha value is -0.240. The van der Waals surface area contributed by atoms with Crippen molar-refractivity contribution in [3.8, 4) is 0 Å². The molecule has 68 valence electrons. The van der Waals surface area contributed by atoms with Crippen LogP contribution in [0.4, 0.5) is 0 Å². The third kappa shape index (κ3) is 3.99. The van der Waals surface area contributed by atoms with Crippen LogP contribution in [-0.4, -0.2) is 9.58 Å². The molecule has 0 aliphatic carbocycles. The van der Waals surface area contributed by atoms with E-state index in [0.717, 1.165) is 0 Å². The van der Waals surface area contributed by atoms with Crippen LogP contribution in [0.2, 0.25) is 0 Å². The fraction of sp³-hybridized carbons (Fsp3) is 0.111. The van der Waals surface area contributed by atoms with Crippen LogP contribution in [0.5, 0.6) is 0 Å². The van der Waals surface area contributed by atoms with Crippen molar-refractivity contribution >= 4 is 40.6 Å². The molecular formula is C9H5Cl3O. The van der Waals surface area contributed by atoms with Gasteiger partial charge in [0.15, 0.2) is 5.78 Å². The van der Waals surface area contributed by atoms with E-state index in [2.05, 4.69) is 6.42 Å². The molecule has 0 aliphatic heterocycles. The Morgan fingerprint density at radius 3 is 2.15 bits per heavy atom. The number of halogens is 3. The first-order valence-electron chi connectivity index (χ1n) is 3.43. The lowest BCUT2D eigenvalue weighted by atomic mass is 10.1. The quantitative estimate of drug-likeness (QED) is 0.568. The summed E-state index contributed by atoms with van der Waals surface area (Å²) in [6.07, 6.45) is 2.19. The molecule has 0 spiro atoms. The van der Waals surface area contributed by atoms with Crippen molar-refractivity contribution in [2.75, 3.05) is 0 Å². The van der Waals surface area contributed by atoms with Gasteiger partial charge in [-0.25, -0.2) is 0 Å². The van der Waals surface area contributed by atoms with Crippen molar-refractivity contribution in [1.29, 1.82) is 0 Å². The summed E-state index contributed by atoms with van der Waals surface area (Å²) in [5.74, 6) is -0.416. The minimum absolute atomic E-state index is 0.416. The van der Waals surface area contributed by atoms with Gasteiger partial charge in [-0.3, -0.25) is 4.79 Å². The molecule has 0 saturated heterocycles. The standard InChI is InChI=1S/C9H5Cl3O/c10-9(11,12)6-8(13)7-4-2-1-3-5-7/h1-5H. The van der Waals surface area contributed by atoms with Gasteiger partial charge in [0.1, 0.15) is 6.42 Å². The molecular weight excluding hydrogens is 230 g/mol.